The Labute approximate surface area is 136 Å². The molecule has 0 aliphatic carbocycles. The summed E-state index contributed by atoms with van der Waals surface area (Å²) >= 11 is 11.1. The maximum atomic E-state index is 3.72. The lowest BCUT2D eigenvalue weighted by atomic mass is 9.80. The molecule has 1 rings (SSSR count). The molecular formula is C15H21Br3. The summed E-state index contributed by atoms with van der Waals surface area (Å²) in [7, 11) is 0. The van der Waals surface area contributed by atoms with Gasteiger partial charge < -0.3 is 0 Å². The van der Waals surface area contributed by atoms with E-state index in [9.17, 15) is 0 Å². The number of benzene rings is 1. The summed E-state index contributed by atoms with van der Waals surface area (Å²) in [6.45, 7) is 2.26. The van der Waals surface area contributed by atoms with Crippen LogP contribution in [0.4, 0.5) is 0 Å². The predicted octanol–water partition coefficient (Wildman–Crippen LogP) is 6.45. The fraction of sp³-hybridized carbons (Fsp3) is 0.600. The number of rotatable bonds is 8. The Kier molecular flexibility index (Phi) is 8.13. The molecule has 0 atom stereocenters. The van der Waals surface area contributed by atoms with E-state index in [1.165, 1.54) is 42.1 Å². The molecule has 3 heteroatoms. The Morgan fingerprint density at radius 3 is 2.22 bits per heavy atom. The number of alkyl halides is 2. The lowest BCUT2D eigenvalue weighted by Crippen LogP contribution is -2.30. The Morgan fingerprint density at radius 1 is 1.00 bits per heavy atom. The predicted molar refractivity (Wildman–Crippen MR) is 92.2 cm³/mol. The van der Waals surface area contributed by atoms with Crippen molar-refractivity contribution in [1.29, 1.82) is 0 Å². The van der Waals surface area contributed by atoms with Gasteiger partial charge in [0.2, 0.25) is 0 Å². The topological polar surface area (TPSA) is 0 Å². The van der Waals surface area contributed by atoms with Crippen LogP contribution in [0.5, 0.6) is 0 Å². The first-order valence-corrected chi connectivity index (χ1v) is 9.60. The second kappa shape index (κ2) is 8.76. The molecular weight excluding hydrogens is 420 g/mol. The fourth-order valence-electron chi connectivity index (χ4n) is 2.23. The molecule has 1 aromatic rings. The van der Waals surface area contributed by atoms with Crippen molar-refractivity contribution in [1.82, 2.24) is 0 Å². The van der Waals surface area contributed by atoms with E-state index in [1.807, 2.05) is 0 Å². The highest BCUT2D eigenvalue weighted by molar-refractivity contribution is 9.10. The zero-order valence-corrected chi connectivity index (χ0v) is 15.7. The van der Waals surface area contributed by atoms with Crippen molar-refractivity contribution in [2.45, 2.75) is 44.4 Å². The zero-order valence-electron chi connectivity index (χ0n) is 10.9. The van der Waals surface area contributed by atoms with E-state index >= 15 is 0 Å². The first-order valence-electron chi connectivity index (χ1n) is 6.57. The molecule has 0 radical (unpaired) electrons. The molecule has 0 saturated carbocycles. The van der Waals surface area contributed by atoms with Gasteiger partial charge in [0.05, 0.1) is 0 Å². The van der Waals surface area contributed by atoms with E-state index in [0.29, 0.717) is 0 Å². The molecule has 0 saturated heterocycles. The summed E-state index contributed by atoms with van der Waals surface area (Å²) in [6, 6.07) is 8.60. The van der Waals surface area contributed by atoms with Crippen LogP contribution in [0.25, 0.3) is 0 Å². The summed E-state index contributed by atoms with van der Waals surface area (Å²) in [5.74, 6) is 0. The zero-order chi connectivity index (χ0) is 13.4. The molecule has 0 spiro atoms. The second-order valence-corrected chi connectivity index (χ2v) is 6.81. The van der Waals surface area contributed by atoms with Gasteiger partial charge in [-0.15, -0.1) is 0 Å². The molecule has 0 aromatic heterocycles. The molecule has 0 aliphatic heterocycles. The van der Waals surface area contributed by atoms with Gasteiger partial charge in [-0.1, -0.05) is 98.6 Å². The molecule has 0 bridgehead atoms. The van der Waals surface area contributed by atoms with Gasteiger partial charge >= 0.3 is 0 Å². The Morgan fingerprint density at radius 2 is 1.67 bits per heavy atom. The van der Waals surface area contributed by atoms with Crippen LogP contribution in [0.1, 0.15) is 44.6 Å². The van der Waals surface area contributed by atoms with Crippen molar-refractivity contribution in [2.24, 2.45) is 0 Å². The standard InChI is InChI=1S/C15H21Br3/c1-2-3-4-7-10-15(11-16,12-17)13-8-5-6-9-14(13)18/h5-6,8-9H,2-4,7,10-12H2,1H3. The van der Waals surface area contributed by atoms with Crippen LogP contribution in [0, 0.1) is 0 Å². The van der Waals surface area contributed by atoms with E-state index in [-0.39, 0.29) is 5.41 Å². The van der Waals surface area contributed by atoms with Crippen LogP contribution in [-0.2, 0) is 5.41 Å². The van der Waals surface area contributed by atoms with Gasteiger partial charge in [0, 0.05) is 20.5 Å². The SMILES string of the molecule is CCCCCCC(CBr)(CBr)c1ccccc1Br. The molecule has 0 nitrogen and oxygen atoms in total. The molecule has 0 N–H and O–H groups in total. The third-order valence-corrected chi connectivity index (χ3v) is 6.30. The Balaban J connectivity index is 2.83. The minimum atomic E-state index is 0.202. The van der Waals surface area contributed by atoms with Crippen molar-refractivity contribution >= 4 is 47.8 Å². The Hall–Kier alpha value is 0.660. The van der Waals surface area contributed by atoms with E-state index in [1.54, 1.807) is 0 Å². The van der Waals surface area contributed by atoms with Crippen molar-refractivity contribution in [2.75, 3.05) is 10.7 Å². The average molecular weight is 441 g/mol. The van der Waals surface area contributed by atoms with Crippen LogP contribution in [0.3, 0.4) is 0 Å². The van der Waals surface area contributed by atoms with Crippen LogP contribution in [-0.4, -0.2) is 10.7 Å². The van der Waals surface area contributed by atoms with E-state index in [2.05, 4.69) is 79.0 Å². The van der Waals surface area contributed by atoms with Gasteiger partial charge in [0.1, 0.15) is 0 Å². The van der Waals surface area contributed by atoms with Gasteiger partial charge in [-0.3, -0.25) is 0 Å². The fourth-order valence-corrected chi connectivity index (χ4v) is 5.03. The minimum Gasteiger partial charge on any atom is -0.0918 e. The lowest BCUT2D eigenvalue weighted by molar-refractivity contribution is 0.464. The normalized spacial score (nSPS) is 11.8. The van der Waals surface area contributed by atoms with Crippen LogP contribution in [0.2, 0.25) is 0 Å². The second-order valence-electron chi connectivity index (χ2n) is 4.84. The van der Waals surface area contributed by atoms with Crippen LogP contribution in [0.15, 0.2) is 28.7 Å². The van der Waals surface area contributed by atoms with Crippen molar-refractivity contribution in [3.05, 3.63) is 34.3 Å². The van der Waals surface area contributed by atoms with Crippen molar-refractivity contribution in [3.63, 3.8) is 0 Å². The summed E-state index contributed by atoms with van der Waals surface area (Å²) < 4.78 is 1.22. The van der Waals surface area contributed by atoms with E-state index in [0.717, 1.165) is 10.7 Å². The smallest absolute Gasteiger partial charge is 0.0213 e. The molecule has 102 valence electrons. The number of unbranched alkanes of at least 4 members (excludes halogenated alkanes) is 3. The highest BCUT2D eigenvalue weighted by atomic mass is 79.9. The summed E-state index contributed by atoms with van der Waals surface area (Å²) in [6.07, 6.45) is 6.50. The molecule has 0 aliphatic rings. The molecule has 0 fully saturated rings. The highest BCUT2D eigenvalue weighted by Gasteiger charge is 2.31. The number of hydrogen-bond donors (Lipinski definition) is 0. The number of hydrogen-bond acceptors (Lipinski definition) is 0. The summed E-state index contributed by atoms with van der Waals surface area (Å²) in [5.41, 5.74) is 1.61. The van der Waals surface area contributed by atoms with Gasteiger partial charge in [-0.25, -0.2) is 0 Å². The summed E-state index contributed by atoms with van der Waals surface area (Å²) in [5, 5.41) is 2.00. The summed E-state index contributed by atoms with van der Waals surface area (Å²) in [4.78, 5) is 0. The van der Waals surface area contributed by atoms with Crippen molar-refractivity contribution in [3.8, 4) is 0 Å². The Bertz CT molecular complexity index is 345. The van der Waals surface area contributed by atoms with E-state index < -0.39 is 0 Å². The minimum absolute atomic E-state index is 0.202. The molecule has 0 heterocycles. The molecule has 0 unspecified atom stereocenters. The molecule has 0 amide bonds. The maximum Gasteiger partial charge on any atom is 0.0213 e. The van der Waals surface area contributed by atoms with E-state index in [4.69, 9.17) is 0 Å². The molecule has 1 aromatic carbocycles. The third kappa shape index (κ3) is 4.35. The monoisotopic (exact) mass is 438 g/mol. The van der Waals surface area contributed by atoms with Gasteiger partial charge in [-0.05, 0) is 18.1 Å². The number of halogens is 3. The largest absolute Gasteiger partial charge is 0.0918 e. The molecule has 18 heavy (non-hydrogen) atoms. The van der Waals surface area contributed by atoms with Gasteiger partial charge in [0.15, 0.2) is 0 Å². The van der Waals surface area contributed by atoms with Crippen molar-refractivity contribution < 1.29 is 0 Å². The first-order chi connectivity index (χ1) is 8.70. The maximum absolute atomic E-state index is 3.72. The van der Waals surface area contributed by atoms with Crippen LogP contribution < -0.4 is 0 Å². The average Bonchev–Trinajstić information content (AvgIpc) is 2.41. The quantitative estimate of drug-likeness (QED) is 0.322. The van der Waals surface area contributed by atoms with Gasteiger partial charge in [0.25, 0.3) is 0 Å². The van der Waals surface area contributed by atoms with Crippen LogP contribution >= 0.6 is 47.8 Å². The van der Waals surface area contributed by atoms with Gasteiger partial charge in [-0.2, -0.15) is 0 Å². The lowest BCUT2D eigenvalue weighted by Gasteiger charge is -2.32. The third-order valence-electron chi connectivity index (χ3n) is 3.47. The highest BCUT2D eigenvalue weighted by Crippen LogP contribution is 2.38. The first kappa shape index (κ1) is 16.7.